The van der Waals surface area contributed by atoms with Gasteiger partial charge in [0.25, 0.3) is 0 Å². The number of amides is 1. The van der Waals surface area contributed by atoms with Gasteiger partial charge in [0.2, 0.25) is 5.91 Å². The first-order chi connectivity index (χ1) is 13.1. The summed E-state index contributed by atoms with van der Waals surface area (Å²) in [6, 6.07) is 7.58. The van der Waals surface area contributed by atoms with Gasteiger partial charge in [-0.1, -0.05) is 11.6 Å². The molecule has 0 aliphatic carbocycles. The largest absolute Gasteiger partial charge is 0.395 e. The summed E-state index contributed by atoms with van der Waals surface area (Å²) in [6.07, 6.45) is 7.72. The molecule has 3 heterocycles. The Labute approximate surface area is 164 Å². The van der Waals surface area contributed by atoms with Gasteiger partial charge in [0.1, 0.15) is 5.54 Å². The van der Waals surface area contributed by atoms with E-state index in [-0.39, 0.29) is 12.5 Å². The molecule has 27 heavy (non-hydrogen) atoms. The summed E-state index contributed by atoms with van der Waals surface area (Å²) in [7, 11) is 0. The first-order valence-electron chi connectivity index (χ1n) is 9.57. The second kappa shape index (κ2) is 7.62. The van der Waals surface area contributed by atoms with Crippen molar-refractivity contribution in [3.05, 3.63) is 47.2 Å². The van der Waals surface area contributed by atoms with Crippen LogP contribution in [0.3, 0.4) is 0 Å². The molecule has 2 aliphatic heterocycles. The van der Waals surface area contributed by atoms with Crippen molar-refractivity contribution in [3.8, 4) is 5.69 Å². The first kappa shape index (κ1) is 18.5. The highest BCUT2D eigenvalue weighted by Crippen LogP contribution is 2.39. The smallest absolute Gasteiger partial charge is 0.243 e. The maximum atomic E-state index is 13.1. The Morgan fingerprint density at radius 2 is 1.89 bits per heavy atom. The molecule has 1 amide bonds. The molecule has 1 aromatic heterocycles. The van der Waals surface area contributed by atoms with Crippen molar-refractivity contribution in [2.24, 2.45) is 0 Å². The van der Waals surface area contributed by atoms with Crippen molar-refractivity contribution < 1.29 is 9.90 Å². The summed E-state index contributed by atoms with van der Waals surface area (Å²) >= 11 is 5.96. The van der Waals surface area contributed by atoms with Crippen molar-refractivity contribution in [2.45, 2.75) is 37.8 Å². The van der Waals surface area contributed by atoms with Crippen molar-refractivity contribution in [1.29, 1.82) is 0 Å². The van der Waals surface area contributed by atoms with Gasteiger partial charge in [-0.15, -0.1) is 0 Å². The summed E-state index contributed by atoms with van der Waals surface area (Å²) in [6.45, 7) is 2.85. The lowest BCUT2D eigenvalue weighted by Gasteiger charge is -2.44. The molecule has 2 fully saturated rings. The molecule has 1 aromatic carbocycles. The molecule has 1 atom stereocenters. The minimum absolute atomic E-state index is 0.0235. The van der Waals surface area contributed by atoms with Gasteiger partial charge in [-0.3, -0.25) is 9.69 Å². The van der Waals surface area contributed by atoms with E-state index in [1.807, 2.05) is 46.2 Å². The second-order valence-corrected chi connectivity index (χ2v) is 7.88. The molecule has 4 rings (SSSR count). The van der Waals surface area contributed by atoms with Gasteiger partial charge in [-0.05, 0) is 56.5 Å². The van der Waals surface area contributed by atoms with Gasteiger partial charge in [0.15, 0.2) is 0 Å². The summed E-state index contributed by atoms with van der Waals surface area (Å²) in [5, 5.41) is 14.4. The Hall–Kier alpha value is -1.89. The minimum Gasteiger partial charge on any atom is -0.395 e. The molecule has 2 saturated heterocycles. The molecule has 0 saturated carbocycles. The van der Waals surface area contributed by atoms with Crippen molar-refractivity contribution in [3.63, 3.8) is 0 Å². The Kier molecular flexibility index (Phi) is 5.21. The maximum Gasteiger partial charge on any atom is 0.243 e. The Morgan fingerprint density at radius 3 is 2.63 bits per heavy atom. The number of rotatable bonds is 5. The third kappa shape index (κ3) is 3.49. The van der Waals surface area contributed by atoms with Crippen molar-refractivity contribution >= 4 is 17.5 Å². The number of hydrogen-bond acceptors (Lipinski definition) is 4. The number of piperidine rings is 1. The lowest BCUT2D eigenvalue weighted by atomic mass is 9.85. The predicted molar refractivity (Wildman–Crippen MR) is 104 cm³/mol. The molecule has 1 N–H and O–H groups in total. The number of hydrogen-bond donors (Lipinski definition) is 1. The van der Waals surface area contributed by atoms with Crippen molar-refractivity contribution in [1.82, 2.24) is 19.6 Å². The zero-order chi connectivity index (χ0) is 18.9. The van der Waals surface area contributed by atoms with Crippen molar-refractivity contribution in [2.75, 3.05) is 26.2 Å². The zero-order valence-electron chi connectivity index (χ0n) is 15.4. The molecule has 144 valence electrons. The molecular weight excluding hydrogens is 364 g/mol. The number of carbonyl (C=O) groups excluding carboxylic acids is 1. The molecule has 1 unspecified atom stereocenters. The van der Waals surface area contributed by atoms with Crippen LogP contribution in [0.2, 0.25) is 5.02 Å². The fourth-order valence-electron chi connectivity index (χ4n) is 4.49. The molecule has 6 nitrogen and oxygen atoms in total. The Balaban J connectivity index is 1.52. The Morgan fingerprint density at radius 1 is 1.15 bits per heavy atom. The number of likely N-dealkylation sites (tertiary alicyclic amines) is 2. The van der Waals surface area contributed by atoms with E-state index in [1.54, 1.807) is 0 Å². The maximum absolute atomic E-state index is 13.1. The van der Waals surface area contributed by atoms with Crippen LogP contribution in [-0.2, 0) is 11.3 Å². The predicted octanol–water partition coefficient (Wildman–Crippen LogP) is 2.48. The molecule has 2 aliphatic rings. The number of benzene rings is 1. The highest BCUT2D eigenvalue weighted by molar-refractivity contribution is 6.30. The lowest BCUT2D eigenvalue weighted by Crippen LogP contribution is -2.60. The van der Waals surface area contributed by atoms with Gasteiger partial charge in [-0.25, -0.2) is 4.68 Å². The van der Waals surface area contributed by atoms with Crippen LogP contribution >= 0.6 is 11.6 Å². The number of halogens is 1. The molecule has 2 aromatic rings. The van der Waals surface area contributed by atoms with Gasteiger partial charge >= 0.3 is 0 Å². The number of nitrogens with zero attached hydrogens (tertiary/aromatic N) is 4. The van der Waals surface area contributed by atoms with Gasteiger partial charge < -0.3 is 10.0 Å². The van der Waals surface area contributed by atoms with E-state index in [4.69, 9.17) is 11.6 Å². The number of aliphatic hydroxyl groups excluding tert-OH is 1. The van der Waals surface area contributed by atoms with E-state index in [0.717, 1.165) is 50.0 Å². The van der Waals surface area contributed by atoms with E-state index in [9.17, 15) is 9.90 Å². The number of aromatic nitrogens is 2. The monoisotopic (exact) mass is 388 g/mol. The summed E-state index contributed by atoms with van der Waals surface area (Å²) in [5.74, 6) is 0.186. The highest BCUT2D eigenvalue weighted by Gasteiger charge is 2.50. The van der Waals surface area contributed by atoms with Crippen LogP contribution in [0, 0.1) is 0 Å². The van der Waals surface area contributed by atoms with Crippen LogP contribution in [0.15, 0.2) is 36.7 Å². The average Bonchev–Trinajstić information content (AvgIpc) is 3.29. The van der Waals surface area contributed by atoms with E-state index >= 15 is 0 Å². The van der Waals surface area contributed by atoms with Crippen LogP contribution < -0.4 is 0 Å². The van der Waals surface area contributed by atoms with E-state index in [1.165, 1.54) is 0 Å². The fourth-order valence-corrected chi connectivity index (χ4v) is 4.61. The quantitative estimate of drug-likeness (QED) is 0.854. The number of carbonyl (C=O) groups is 1. The summed E-state index contributed by atoms with van der Waals surface area (Å²) in [4.78, 5) is 17.3. The standard InChI is InChI=1S/C20H25ClN4O2/c21-17-3-5-18(6-4-17)25-15-16(13-22-25)14-24-10-2-8-20(24)7-1-9-23(11-12-26)19(20)27/h3-6,13,15,26H,1-2,7-12,14H2. The van der Waals surface area contributed by atoms with Crippen LogP contribution in [0.5, 0.6) is 0 Å². The van der Waals surface area contributed by atoms with Crippen LogP contribution in [0.1, 0.15) is 31.2 Å². The van der Waals surface area contributed by atoms with E-state index in [0.29, 0.717) is 18.1 Å². The molecule has 7 heteroatoms. The van der Waals surface area contributed by atoms with E-state index in [2.05, 4.69) is 10.00 Å². The highest BCUT2D eigenvalue weighted by atomic mass is 35.5. The fraction of sp³-hybridized carbons (Fsp3) is 0.500. The van der Waals surface area contributed by atoms with Crippen LogP contribution in [0.4, 0.5) is 0 Å². The average molecular weight is 389 g/mol. The third-order valence-electron chi connectivity index (χ3n) is 5.80. The molecule has 1 spiro atoms. The first-order valence-corrected chi connectivity index (χ1v) is 9.95. The zero-order valence-corrected chi connectivity index (χ0v) is 16.1. The minimum atomic E-state index is -0.407. The third-order valence-corrected chi connectivity index (χ3v) is 6.05. The number of β-amino-alcohol motifs (C(OH)–C–C–N with tert-alkyl or cyclic N) is 1. The van der Waals surface area contributed by atoms with Crippen LogP contribution in [0.25, 0.3) is 5.69 Å². The summed E-state index contributed by atoms with van der Waals surface area (Å²) < 4.78 is 1.84. The van der Waals surface area contributed by atoms with E-state index < -0.39 is 5.54 Å². The number of aliphatic hydroxyl groups is 1. The van der Waals surface area contributed by atoms with Gasteiger partial charge in [-0.2, -0.15) is 5.10 Å². The molecule has 0 bridgehead atoms. The second-order valence-electron chi connectivity index (χ2n) is 7.45. The SMILES string of the molecule is O=C1N(CCO)CCCC12CCCN2Cc1cnn(-c2ccc(Cl)cc2)c1. The van der Waals surface area contributed by atoms with Gasteiger partial charge in [0, 0.05) is 36.4 Å². The lowest BCUT2D eigenvalue weighted by molar-refractivity contribution is -0.148. The molecular formula is C20H25ClN4O2. The van der Waals surface area contributed by atoms with Gasteiger partial charge in [0.05, 0.1) is 18.5 Å². The Bertz CT molecular complexity index is 805. The normalized spacial score (nSPS) is 23.5. The molecule has 0 radical (unpaired) electrons. The van der Waals surface area contributed by atoms with Crippen LogP contribution in [-0.4, -0.2) is 62.4 Å². The summed E-state index contributed by atoms with van der Waals surface area (Å²) in [5.41, 5.74) is 1.65. The topological polar surface area (TPSA) is 61.6 Å².